The van der Waals surface area contributed by atoms with Crippen molar-refractivity contribution in [3.63, 3.8) is 0 Å². The van der Waals surface area contributed by atoms with E-state index >= 15 is 0 Å². The molecule has 1 rings (SSSR count). The number of carbonyl (C=O) groups excluding carboxylic acids is 2. The molecule has 0 aliphatic heterocycles. The van der Waals surface area contributed by atoms with Gasteiger partial charge in [0.1, 0.15) is 6.04 Å². The fourth-order valence-corrected chi connectivity index (χ4v) is 2.83. The molecule has 0 aliphatic carbocycles. The van der Waals surface area contributed by atoms with Crippen LogP contribution < -0.4 is 15.4 Å². The van der Waals surface area contributed by atoms with Crippen molar-refractivity contribution < 1.29 is 27.9 Å². The summed E-state index contributed by atoms with van der Waals surface area (Å²) in [6.45, 7) is 3.28. The second kappa shape index (κ2) is 9.30. The highest BCUT2D eigenvalue weighted by Crippen LogP contribution is 2.10. The first-order valence-electron chi connectivity index (χ1n) is 7.90. The van der Waals surface area contributed by atoms with Gasteiger partial charge in [0.15, 0.2) is 0 Å². The Hall–Kier alpha value is -2.46. The average molecular weight is 385 g/mol. The molecular weight excluding hydrogens is 362 g/mol. The van der Waals surface area contributed by atoms with Gasteiger partial charge in [-0.2, -0.15) is 0 Å². The van der Waals surface area contributed by atoms with Gasteiger partial charge in [0.05, 0.1) is 11.4 Å². The molecule has 4 N–H and O–H groups in total. The van der Waals surface area contributed by atoms with Gasteiger partial charge in [-0.15, -0.1) is 0 Å². The lowest BCUT2D eigenvalue weighted by Crippen LogP contribution is -2.46. The predicted molar refractivity (Wildman–Crippen MR) is 94.0 cm³/mol. The topological polar surface area (TPSA) is 142 Å². The molecule has 1 atom stereocenters. The number of rotatable bonds is 9. The number of benzene rings is 1. The fraction of sp³-hybridized carbons (Fsp3) is 0.438. The van der Waals surface area contributed by atoms with Crippen molar-refractivity contribution in [2.24, 2.45) is 5.92 Å². The van der Waals surface area contributed by atoms with Crippen molar-refractivity contribution in [3.05, 3.63) is 29.8 Å². The van der Waals surface area contributed by atoms with Gasteiger partial charge >= 0.3 is 5.97 Å². The average Bonchev–Trinajstić information content (AvgIpc) is 2.58. The minimum absolute atomic E-state index is 0.00674. The number of nitrogens with one attached hydrogen (secondary N) is 3. The first-order valence-corrected chi connectivity index (χ1v) is 9.39. The van der Waals surface area contributed by atoms with Gasteiger partial charge in [0.2, 0.25) is 15.9 Å². The Kier molecular flexibility index (Phi) is 7.72. The molecule has 0 radical (unpaired) electrons. The Labute approximate surface area is 152 Å². The van der Waals surface area contributed by atoms with E-state index in [0.717, 1.165) is 0 Å². The Morgan fingerprint density at radius 2 is 1.69 bits per heavy atom. The second-order valence-electron chi connectivity index (χ2n) is 6.00. The second-order valence-corrected chi connectivity index (χ2v) is 7.89. The molecule has 0 saturated carbocycles. The summed E-state index contributed by atoms with van der Waals surface area (Å²) in [5.41, 5.74) is 0.171. The van der Waals surface area contributed by atoms with Crippen LogP contribution in [0, 0.1) is 5.92 Å². The number of sulfonamides is 1. The molecular formula is C16H23N3O6S. The monoisotopic (exact) mass is 385 g/mol. The Balaban J connectivity index is 2.63. The summed E-state index contributed by atoms with van der Waals surface area (Å²) in [6, 6.07) is 4.14. The molecule has 1 aromatic carbocycles. The molecule has 0 aliphatic rings. The molecule has 0 saturated heterocycles. The first-order chi connectivity index (χ1) is 12.1. The van der Waals surface area contributed by atoms with Gasteiger partial charge < -0.3 is 15.7 Å². The Bertz CT molecular complexity index is 759. The third kappa shape index (κ3) is 6.45. The van der Waals surface area contributed by atoms with Crippen LogP contribution in [0.5, 0.6) is 0 Å². The lowest BCUT2D eigenvalue weighted by molar-refractivity contribution is -0.142. The highest BCUT2D eigenvalue weighted by Gasteiger charge is 2.21. The molecule has 26 heavy (non-hydrogen) atoms. The minimum atomic E-state index is -3.60. The van der Waals surface area contributed by atoms with Crippen LogP contribution in [-0.4, -0.2) is 50.9 Å². The summed E-state index contributed by atoms with van der Waals surface area (Å²) in [7, 11) is -2.32. The molecule has 0 spiro atoms. The molecule has 144 valence electrons. The van der Waals surface area contributed by atoms with Crippen LogP contribution in [0.2, 0.25) is 0 Å². The standard InChI is InChI=1S/C16H23N3O6S/c1-10(2)8-13(16(22)23)19-14(20)9-18-15(21)11-4-6-12(7-5-11)26(24,25)17-3/h4-7,10,13,17H,8-9H2,1-3H3,(H,18,21)(H,19,20)(H,22,23)/t13-/m0/s1. The molecule has 10 heteroatoms. The summed E-state index contributed by atoms with van der Waals surface area (Å²) in [4.78, 5) is 34.9. The third-order valence-electron chi connectivity index (χ3n) is 3.45. The molecule has 0 unspecified atom stereocenters. The molecule has 1 aromatic rings. The number of hydrogen-bond donors (Lipinski definition) is 4. The van der Waals surface area contributed by atoms with E-state index in [2.05, 4.69) is 15.4 Å². The maximum Gasteiger partial charge on any atom is 0.326 e. The van der Waals surface area contributed by atoms with Gasteiger partial charge in [-0.25, -0.2) is 17.9 Å². The van der Waals surface area contributed by atoms with E-state index in [9.17, 15) is 22.8 Å². The molecule has 0 fully saturated rings. The summed E-state index contributed by atoms with van der Waals surface area (Å²) in [6.07, 6.45) is 0.274. The van der Waals surface area contributed by atoms with Gasteiger partial charge in [0.25, 0.3) is 5.91 Å². The zero-order valence-corrected chi connectivity index (χ0v) is 15.6. The number of amides is 2. The molecule has 2 amide bonds. The van der Waals surface area contributed by atoms with Crippen LogP contribution in [0.4, 0.5) is 0 Å². The smallest absolute Gasteiger partial charge is 0.326 e. The van der Waals surface area contributed by atoms with E-state index in [-0.39, 0.29) is 22.8 Å². The summed E-state index contributed by atoms with van der Waals surface area (Å²) >= 11 is 0. The van der Waals surface area contributed by atoms with Gasteiger partial charge in [-0.1, -0.05) is 13.8 Å². The third-order valence-corrected chi connectivity index (χ3v) is 4.88. The Morgan fingerprint density at radius 3 is 2.15 bits per heavy atom. The maximum atomic E-state index is 12.0. The Morgan fingerprint density at radius 1 is 1.12 bits per heavy atom. The van der Waals surface area contributed by atoms with Crippen LogP contribution in [-0.2, 0) is 19.6 Å². The number of hydrogen-bond acceptors (Lipinski definition) is 5. The van der Waals surface area contributed by atoms with Crippen LogP contribution in [0.1, 0.15) is 30.6 Å². The lowest BCUT2D eigenvalue weighted by Gasteiger charge is -2.16. The van der Waals surface area contributed by atoms with E-state index in [1.54, 1.807) is 0 Å². The van der Waals surface area contributed by atoms with Crippen molar-refractivity contribution >= 4 is 27.8 Å². The number of carbonyl (C=O) groups is 3. The highest BCUT2D eigenvalue weighted by atomic mass is 32.2. The number of carboxylic acids is 1. The molecule has 0 aromatic heterocycles. The van der Waals surface area contributed by atoms with Crippen molar-refractivity contribution in [1.29, 1.82) is 0 Å². The SMILES string of the molecule is CNS(=O)(=O)c1ccc(C(=O)NCC(=O)N[C@@H](CC(C)C)C(=O)O)cc1. The van der Waals surface area contributed by atoms with Crippen molar-refractivity contribution in [1.82, 2.24) is 15.4 Å². The van der Waals surface area contributed by atoms with Crippen LogP contribution in [0.25, 0.3) is 0 Å². The van der Waals surface area contributed by atoms with Gasteiger partial charge in [-0.3, -0.25) is 9.59 Å². The van der Waals surface area contributed by atoms with Crippen LogP contribution in [0.15, 0.2) is 29.2 Å². The van der Waals surface area contributed by atoms with Crippen molar-refractivity contribution in [2.75, 3.05) is 13.6 Å². The fourth-order valence-electron chi connectivity index (χ4n) is 2.10. The predicted octanol–water partition coefficient (Wildman–Crippen LogP) is -0.0600. The minimum Gasteiger partial charge on any atom is -0.480 e. The summed E-state index contributed by atoms with van der Waals surface area (Å²) < 4.78 is 25.4. The van der Waals surface area contributed by atoms with Gasteiger partial charge in [0, 0.05) is 5.56 Å². The highest BCUT2D eigenvalue weighted by molar-refractivity contribution is 7.89. The largest absolute Gasteiger partial charge is 0.480 e. The van der Waals surface area contributed by atoms with Crippen LogP contribution >= 0.6 is 0 Å². The zero-order chi connectivity index (χ0) is 19.9. The van der Waals surface area contributed by atoms with E-state index in [1.165, 1.54) is 31.3 Å². The quantitative estimate of drug-likeness (QED) is 0.469. The van der Waals surface area contributed by atoms with E-state index in [1.807, 2.05) is 13.8 Å². The van der Waals surface area contributed by atoms with E-state index in [4.69, 9.17) is 5.11 Å². The summed E-state index contributed by atoms with van der Waals surface area (Å²) in [5.74, 6) is -2.26. The molecule has 9 nitrogen and oxygen atoms in total. The summed E-state index contributed by atoms with van der Waals surface area (Å²) in [5, 5.41) is 13.8. The van der Waals surface area contributed by atoms with Crippen molar-refractivity contribution in [3.8, 4) is 0 Å². The molecule has 0 bridgehead atoms. The molecule has 0 heterocycles. The van der Waals surface area contributed by atoms with Crippen molar-refractivity contribution in [2.45, 2.75) is 31.2 Å². The van der Waals surface area contributed by atoms with Crippen LogP contribution in [0.3, 0.4) is 0 Å². The van der Waals surface area contributed by atoms with E-state index in [0.29, 0.717) is 0 Å². The normalized spacial score (nSPS) is 12.5. The maximum absolute atomic E-state index is 12.0. The lowest BCUT2D eigenvalue weighted by atomic mass is 10.0. The first kappa shape index (κ1) is 21.6. The number of aliphatic carboxylic acids is 1. The number of carboxylic acid groups (broad SMARTS) is 1. The van der Waals surface area contributed by atoms with E-state index < -0.39 is 40.4 Å². The van der Waals surface area contributed by atoms with Gasteiger partial charge in [-0.05, 0) is 43.7 Å². The zero-order valence-electron chi connectivity index (χ0n) is 14.8.